The monoisotopic (exact) mass is 378 g/mol. The number of rotatable bonds is 5. The maximum Gasteiger partial charge on any atom is 0.254 e. The standard InChI is InChI=1S/C18H22N2O3S2/c1-3-13(2)19-25(22,23)16-6-4-14(5-7-16)18(21)20-10-8-17-15(12-20)9-11-24-17/h4-7,9,11,13,19H,3,8,10,12H2,1-2H3. The van der Waals surface area contributed by atoms with Crippen molar-refractivity contribution in [3.8, 4) is 0 Å². The molecule has 0 spiro atoms. The van der Waals surface area contributed by atoms with Gasteiger partial charge in [0.05, 0.1) is 4.90 Å². The van der Waals surface area contributed by atoms with Gasteiger partial charge >= 0.3 is 0 Å². The molecular weight excluding hydrogens is 356 g/mol. The van der Waals surface area contributed by atoms with Gasteiger partial charge in [0.1, 0.15) is 0 Å². The number of hydrogen-bond donors (Lipinski definition) is 1. The van der Waals surface area contributed by atoms with Gasteiger partial charge in [-0.15, -0.1) is 11.3 Å². The number of hydrogen-bond acceptors (Lipinski definition) is 4. The van der Waals surface area contributed by atoms with Gasteiger partial charge in [0.25, 0.3) is 5.91 Å². The smallest absolute Gasteiger partial charge is 0.254 e. The number of thiophene rings is 1. The lowest BCUT2D eigenvalue weighted by molar-refractivity contribution is 0.0736. The van der Waals surface area contributed by atoms with Crippen LogP contribution in [0.15, 0.2) is 40.6 Å². The molecule has 25 heavy (non-hydrogen) atoms. The Bertz CT molecular complexity index is 857. The van der Waals surface area contributed by atoms with Crippen molar-refractivity contribution in [2.75, 3.05) is 6.54 Å². The molecule has 5 nitrogen and oxygen atoms in total. The van der Waals surface area contributed by atoms with Crippen molar-refractivity contribution in [3.63, 3.8) is 0 Å². The molecule has 0 fully saturated rings. The highest BCUT2D eigenvalue weighted by molar-refractivity contribution is 7.89. The van der Waals surface area contributed by atoms with Crippen molar-refractivity contribution in [2.45, 2.75) is 44.2 Å². The third kappa shape index (κ3) is 3.94. The molecule has 1 atom stereocenters. The molecule has 3 rings (SSSR count). The van der Waals surface area contributed by atoms with E-state index >= 15 is 0 Å². The summed E-state index contributed by atoms with van der Waals surface area (Å²) in [6, 6.07) is 8.12. The molecule has 134 valence electrons. The highest BCUT2D eigenvalue weighted by Gasteiger charge is 2.23. The van der Waals surface area contributed by atoms with Crippen molar-refractivity contribution < 1.29 is 13.2 Å². The summed E-state index contributed by atoms with van der Waals surface area (Å²) < 4.78 is 27.2. The Labute approximate surface area is 152 Å². The van der Waals surface area contributed by atoms with Crippen molar-refractivity contribution >= 4 is 27.3 Å². The molecule has 1 aromatic carbocycles. The Morgan fingerprint density at radius 2 is 2.00 bits per heavy atom. The molecule has 1 aromatic heterocycles. The fourth-order valence-electron chi connectivity index (χ4n) is 2.80. The topological polar surface area (TPSA) is 66.5 Å². The van der Waals surface area contributed by atoms with Gasteiger partial charge in [-0.3, -0.25) is 4.79 Å². The Hall–Kier alpha value is -1.70. The highest BCUT2D eigenvalue weighted by atomic mass is 32.2. The lowest BCUT2D eigenvalue weighted by Crippen LogP contribution is -2.35. The molecule has 0 saturated carbocycles. The fraction of sp³-hybridized carbons (Fsp3) is 0.389. The number of nitrogens with one attached hydrogen (secondary N) is 1. The largest absolute Gasteiger partial charge is 0.334 e. The maximum absolute atomic E-state index is 12.7. The minimum absolute atomic E-state index is 0.0596. The van der Waals surface area contributed by atoms with Crippen molar-refractivity contribution in [2.24, 2.45) is 0 Å². The third-order valence-electron chi connectivity index (χ3n) is 4.48. The number of sulfonamides is 1. The first kappa shape index (κ1) is 18.1. The van der Waals surface area contributed by atoms with Crippen LogP contribution < -0.4 is 4.72 Å². The van der Waals surface area contributed by atoms with E-state index in [1.807, 2.05) is 18.7 Å². The molecule has 1 N–H and O–H groups in total. The number of carbonyl (C=O) groups is 1. The minimum Gasteiger partial charge on any atom is -0.334 e. The normalized spacial score (nSPS) is 15.7. The lowest BCUT2D eigenvalue weighted by atomic mass is 10.1. The van der Waals surface area contributed by atoms with E-state index in [4.69, 9.17) is 0 Å². The fourth-order valence-corrected chi connectivity index (χ4v) is 5.01. The summed E-state index contributed by atoms with van der Waals surface area (Å²) >= 11 is 1.73. The quantitative estimate of drug-likeness (QED) is 0.870. The number of fused-ring (bicyclic) bond motifs is 1. The summed E-state index contributed by atoms with van der Waals surface area (Å²) in [6.07, 6.45) is 1.60. The predicted octanol–water partition coefficient (Wildman–Crippen LogP) is 3.02. The Morgan fingerprint density at radius 3 is 2.68 bits per heavy atom. The SMILES string of the molecule is CCC(C)NS(=O)(=O)c1ccc(C(=O)N2CCc3sccc3C2)cc1. The number of amides is 1. The van der Waals surface area contributed by atoms with Gasteiger partial charge < -0.3 is 4.90 Å². The Morgan fingerprint density at radius 1 is 1.28 bits per heavy atom. The van der Waals surface area contributed by atoms with Crippen molar-refractivity contribution in [1.82, 2.24) is 9.62 Å². The van der Waals surface area contributed by atoms with Gasteiger partial charge in [0.15, 0.2) is 0 Å². The minimum atomic E-state index is -3.54. The zero-order chi connectivity index (χ0) is 18.0. The van der Waals surface area contributed by atoms with Crippen LogP contribution in [-0.2, 0) is 23.0 Å². The van der Waals surface area contributed by atoms with Crippen LogP contribution in [0.1, 0.15) is 41.1 Å². The van der Waals surface area contributed by atoms with Crippen molar-refractivity contribution in [1.29, 1.82) is 0 Å². The zero-order valence-corrected chi connectivity index (χ0v) is 16.0. The van der Waals surface area contributed by atoms with Gasteiger partial charge in [-0.25, -0.2) is 13.1 Å². The molecule has 7 heteroatoms. The maximum atomic E-state index is 12.7. The molecule has 0 aliphatic carbocycles. The Balaban J connectivity index is 1.73. The van der Waals surface area contributed by atoms with Crippen LogP contribution in [0, 0.1) is 0 Å². The summed E-state index contributed by atoms with van der Waals surface area (Å²) in [4.78, 5) is 16.0. The van der Waals surface area contributed by atoms with E-state index in [9.17, 15) is 13.2 Å². The van der Waals surface area contributed by atoms with Crippen LogP contribution in [-0.4, -0.2) is 31.8 Å². The van der Waals surface area contributed by atoms with E-state index in [2.05, 4.69) is 16.2 Å². The predicted molar refractivity (Wildman–Crippen MR) is 99.3 cm³/mol. The average molecular weight is 379 g/mol. The van der Waals surface area contributed by atoms with Gasteiger partial charge in [-0.1, -0.05) is 6.92 Å². The second-order valence-corrected chi connectivity index (χ2v) is 9.02. The second-order valence-electron chi connectivity index (χ2n) is 6.30. The molecule has 1 amide bonds. The number of carbonyl (C=O) groups excluding carboxylic acids is 1. The van der Waals surface area contributed by atoms with Gasteiger partial charge in [-0.2, -0.15) is 0 Å². The summed E-state index contributed by atoms with van der Waals surface area (Å²) in [5.74, 6) is -0.0596. The molecule has 2 heterocycles. The summed E-state index contributed by atoms with van der Waals surface area (Å²) in [7, 11) is -3.54. The first-order valence-electron chi connectivity index (χ1n) is 8.37. The summed E-state index contributed by atoms with van der Waals surface area (Å²) in [5.41, 5.74) is 1.72. The van der Waals surface area contributed by atoms with Gasteiger partial charge in [0, 0.05) is 29.6 Å². The van der Waals surface area contributed by atoms with Crippen LogP contribution in [0.2, 0.25) is 0 Å². The van der Waals surface area contributed by atoms with Crippen LogP contribution in [0.25, 0.3) is 0 Å². The van der Waals surface area contributed by atoms with E-state index in [1.165, 1.54) is 22.6 Å². The zero-order valence-electron chi connectivity index (χ0n) is 14.4. The van der Waals surface area contributed by atoms with Crippen LogP contribution in [0.5, 0.6) is 0 Å². The summed E-state index contributed by atoms with van der Waals surface area (Å²) in [6.45, 7) is 5.06. The Kier molecular flexibility index (Phi) is 5.27. The molecule has 2 aromatic rings. The molecule has 0 radical (unpaired) electrons. The van der Waals surface area contributed by atoms with Crippen molar-refractivity contribution in [3.05, 3.63) is 51.7 Å². The third-order valence-corrected chi connectivity index (χ3v) is 7.10. The molecule has 1 aliphatic rings. The lowest BCUT2D eigenvalue weighted by Gasteiger charge is -2.27. The first-order valence-corrected chi connectivity index (χ1v) is 10.7. The first-order chi connectivity index (χ1) is 11.9. The molecular formula is C18H22N2O3S2. The molecule has 1 unspecified atom stereocenters. The second kappa shape index (κ2) is 7.27. The van der Waals surface area contributed by atoms with E-state index in [0.717, 1.165) is 12.8 Å². The molecule has 1 aliphatic heterocycles. The average Bonchev–Trinajstić information content (AvgIpc) is 3.08. The molecule has 0 bridgehead atoms. The number of nitrogens with zero attached hydrogens (tertiary/aromatic N) is 1. The van der Waals surface area contributed by atoms with E-state index < -0.39 is 10.0 Å². The number of benzene rings is 1. The van der Waals surface area contributed by atoms with E-state index in [0.29, 0.717) is 18.7 Å². The molecule has 0 saturated heterocycles. The highest BCUT2D eigenvalue weighted by Crippen LogP contribution is 2.25. The van der Waals surface area contributed by atoms with Gasteiger partial charge in [-0.05, 0) is 61.0 Å². The van der Waals surface area contributed by atoms with Gasteiger partial charge in [0.2, 0.25) is 10.0 Å². The summed E-state index contributed by atoms with van der Waals surface area (Å²) in [5, 5.41) is 2.06. The van der Waals surface area contributed by atoms with Crippen LogP contribution in [0.4, 0.5) is 0 Å². The van der Waals surface area contributed by atoms with E-state index in [1.54, 1.807) is 23.5 Å². The van der Waals surface area contributed by atoms with Crippen LogP contribution >= 0.6 is 11.3 Å². The van der Waals surface area contributed by atoms with Crippen LogP contribution in [0.3, 0.4) is 0 Å². The van der Waals surface area contributed by atoms with E-state index in [-0.39, 0.29) is 16.8 Å².